The van der Waals surface area contributed by atoms with E-state index in [1.807, 2.05) is 0 Å². The SMILES string of the molecule is Cc1cc(C#CCC(=O)O)cc(C)c1F. The van der Waals surface area contributed by atoms with Crippen molar-refractivity contribution >= 4 is 5.97 Å². The molecule has 0 saturated heterocycles. The van der Waals surface area contributed by atoms with Crippen molar-refractivity contribution in [1.29, 1.82) is 0 Å². The number of aliphatic carboxylic acids is 1. The molecule has 0 atom stereocenters. The maximum absolute atomic E-state index is 13.2. The topological polar surface area (TPSA) is 37.3 Å². The molecule has 1 aromatic carbocycles. The number of hydrogen-bond acceptors (Lipinski definition) is 1. The number of carbonyl (C=O) groups is 1. The predicted molar refractivity (Wildman–Crippen MR) is 55.0 cm³/mol. The fourth-order valence-corrected chi connectivity index (χ4v) is 1.24. The highest BCUT2D eigenvalue weighted by molar-refractivity contribution is 5.70. The highest BCUT2D eigenvalue weighted by Gasteiger charge is 2.02. The zero-order valence-electron chi connectivity index (χ0n) is 8.60. The number of rotatable bonds is 1. The molecule has 1 rings (SSSR count). The van der Waals surface area contributed by atoms with E-state index in [0.717, 1.165) is 0 Å². The van der Waals surface area contributed by atoms with Crippen molar-refractivity contribution in [2.24, 2.45) is 0 Å². The van der Waals surface area contributed by atoms with Gasteiger partial charge in [0.25, 0.3) is 0 Å². The number of carboxylic acid groups (broad SMARTS) is 1. The molecule has 0 radical (unpaired) electrons. The Bertz CT molecular complexity index is 429. The average molecular weight is 206 g/mol. The van der Waals surface area contributed by atoms with Gasteiger partial charge in [-0.3, -0.25) is 4.79 Å². The molecule has 1 N–H and O–H groups in total. The summed E-state index contributed by atoms with van der Waals surface area (Å²) in [4.78, 5) is 10.2. The van der Waals surface area contributed by atoms with Crippen LogP contribution in [-0.4, -0.2) is 11.1 Å². The summed E-state index contributed by atoms with van der Waals surface area (Å²) in [6.07, 6.45) is -0.199. The molecule has 3 heteroatoms. The van der Waals surface area contributed by atoms with Crippen molar-refractivity contribution in [3.05, 3.63) is 34.6 Å². The van der Waals surface area contributed by atoms with E-state index in [-0.39, 0.29) is 12.2 Å². The summed E-state index contributed by atoms with van der Waals surface area (Å²) in [5.74, 6) is 3.99. The molecule has 0 spiro atoms. The van der Waals surface area contributed by atoms with Crippen molar-refractivity contribution in [3.63, 3.8) is 0 Å². The van der Waals surface area contributed by atoms with Gasteiger partial charge in [0.05, 0.1) is 0 Å². The molecule has 0 aliphatic rings. The van der Waals surface area contributed by atoms with Gasteiger partial charge in [0, 0.05) is 5.56 Å². The molecule has 0 aliphatic heterocycles. The van der Waals surface area contributed by atoms with E-state index in [0.29, 0.717) is 16.7 Å². The predicted octanol–water partition coefficient (Wildman–Crippen LogP) is 2.27. The molecule has 15 heavy (non-hydrogen) atoms. The summed E-state index contributed by atoms with van der Waals surface area (Å²) in [6.45, 7) is 3.31. The van der Waals surface area contributed by atoms with Crippen molar-refractivity contribution in [2.45, 2.75) is 20.3 Å². The van der Waals surface area contributed by atoms with Crippen molar-refractivity contribution < 1.29 is 14.3 Å². The first-order valence-corrected chi connectivity index (χ1v) is 4.48. The van der Waals surface area contributed by atoms with Crippen LogP contribution < -0.4 is 0 Å². The maximum Gasteiger partial charge on any atom is 0.315 e. The van der Waals surface area contributed by atoms with Gasteiger partial charge in [-0.25, -0.2) is 4.39 Å². The van der Waals surface area contributed by atoms with Gasteiger partial charge in [0.1, 0.15) is 12.2 Å². The van der Waals surface area contributed by atoms with Crippen LogP contribution in [0.25, 0.3) is 0 Å². The Balaban J connectivity index is 2.95. The first-order valence-electron chi connectivity index (χ1n) is 4.48. The quantitative estimate of drug-likeness (QED) is 0.715. The lowest BCUT2D eigenvalue weighted by atomic mass is 10.1. The van der Waals surface area contributed by atoms with Crippen LogP contribution in [0.4, 0.5) is 4.39 Å². The second kappa shape index (κ2) is 4.61. The third-order valence-corrected chi connectivity index (χ3v) is 1.91. The van der Waals surface area contributed by atoms with Crippen LogP contribution >= 0.6 is 0 Å². The first kappa shape index (κ1) is 11.3. The van der Waals surface area contributed by atoms with E-state index in [9.17, 15) is 9.18 Å². The summed E-state index contributed by atoms with van der Waals surface area (Å²) >= 11 is 0. The molecule has 0 bridgehead atoms. The molecular formula is C12H11FO2. The third-order valence-electron chi connectivity index (χ3n) is 1.91. The molecule has 0 saturated carbocycles. The van der Waals surface area contributed by atoms with Crippen molar-refractivity contribution in [3.8, 4) is 11.8 Å². The minimum absolute atomic E-state index is 0.199. The number of carboxylic acids is 1. The molecule has 0 aliphatic carbocycles. The van der Waals surface area contributed by atoms with Crippen molar-refractivity contribution in [2.75, 3.05) is 0 Å². The molecule has 78 valence electrons. The van der Waals surface area contributed by atoms with Gasteiger partial charge in [0.2, 0.25) is 0 Å². The fraction of sp³-hybridized carbons (Fsp3) is 0.250. The standard InChI is InChI=1S/C12H11FO2/c1-8-6-10(4-3-5-11(14)15)7-9(2)12(8)13/h6-7H,5H2,1-2H3,(H,14,15). The van der Waals surface area contributed by atoms with E-state index < -0.39 is 5.97 Å². The van der Waals surface area contributed by atoms with E-state index in [2.05, 4.69) is 11.8 Å². The molecule has 0 fully saturated rings. The zero-order valence-corrected chi connectivity index (χ0v) is 8.60. The van der Waals surface area contributed by atoms with Crippen LogP contribution in [0.2, 0.25) is 0 Å². The second-order valence-corrected chi connectivity index (χ2v) is 3.30. The molecule has 0 amide bonds. The van der Waals surface area contributed by atoms with Crippen LogP contribution in [0.15, 0.2) is 12.1 Å². The smallest absolute Gasteiger partial charge is 0.315 e. The highest BCUT2D eigenvalue weighted by Crippen LogP contribution is 2.13. The van der Waals surface area contributed by atoms with Gasteiger partial charge >= 0.3 is 5.97 Å². The van der Waals surface area contributed by atoms with E-state index in [4.69, 9.17) is 5.11 Å². The zero-order chi connectivity index (χ0) is 11.4. The Morgan fingerprint density at radius 2 is 1.93 bits per heavy atom. The van der Waals surface area contributed by atoms with E-state index >= 15 is 0 Å². The third kappa shape index (κ3) is 3.10. The number of halogens is 1. The highest BCUT2D eigenvalue weighted by atomic mass is 19.1. The minimum Gasteiger partial charge on any atom is -0.481 e. The van der Waals surface area contributed by atoms with E-state index in [1.54, 1.807) is 26.0 Å². The van der Waals surface area contributed by atoms with Crippen LogP contribution in [0.1, 0.15) is 23.1 Å². The largest absolute Gasteiger partial charge is 0.481 e. The normalized spacial score (nSPS) is 9.27. The van der Waals surface area contributed by atoms with Gasteiger partial charge in [-0.15, -0.1) is 0 Å². The Labute approximate surface area is 87.7 Å². The number of aryl methyl sites for hydroxylation is 2. The lowest BCUT2D eigenvalue weighted by Crippen LogP contribution is -1.92. The Kier molecular flexibility index (Phi) is 3.46. The molecule has 0 heterocycles. The fourth-order valence-electron chi connectivity index (χ4n) is 1.24. The van der Waals surface area contributed by atoms with Crippen molar-refractivity contribution in [1.82, 2.24) is 0 Å². The Hall–Kier alpha value is -1.82. The minimum atomic E-state index is -0.960. The van der Waals surface area contributed by atoms with Gasteiger partial charge < -0.3 is 5.11 Å². The molecule has 0 aromatic heterocycles. The van der Waals surface area contributed by atoms with Gasteiger partial charge in [-0.1, -0.05) is 11.8 Å². The number of hydrogen-bond donors (Lipinski definition) is 1. The number of benzene rings is 1. The van der Waals surface area contributed by atoms with Gasteiger partial charge in [0.15, 0.2) is 0 Å². The lowest BCUT2D eigenvalue weighted by Gasteiger charge is -2.01. The molecule has 2 nitrogen and oxygen atoms in total. The summed E-state index contributed by atoms with van der Waals surface area (Å²) in [5, 5.41) is 8.38. The first-order chi connectivity index (χ1) is 7.00. The van der Waals surface area contributed by atoms with Gasteiger partial charge in [-0.05, 0) is 37.1 Å². The molecular weight excluding hydrogens is 195 g/mol. The summed E-state index contributed by atoms with van der Waals surface area (Å²) in [7, 11) is 0. The van der Waals surface area contributed by atoms with Crippen LogP contribution in [0, 0.1) is 31.5 Å². The van der Waals surface area contributed by atoms with Gasteiger partial charge in [-0.2, -0.15) is 0 Å². The second-order valence-electron chi connectivity index (χ2n) is 3.30. The monoisotopic (exact) mass is 206 g/mol. The van der Waals surface area contributed by atoms with Crippen LogP contribution in [-0.2, 0) is 4.79 Å². The summed E-state index contributed by atoms with van der Waals surface area (Å²) < 4.78 is 13.2. The summed E-state index contributed by atoms with van der Waals surface area (Å²) in [6, 6.07) is 3.22. The van der Waals surface area contributed by atoms with E-state index in [1.165, 1.54) is 0 Å². The maximum atomic E-state index is 13.2. The van der Waals surface area contributed by atoms with Crippen LogP contribution in [0.3, 0.4) is 0 Å². The molecule has 0 unspecified atom stereocenters. The lowest BCUT2D eigenvalue weighted by molar-refractivity contribution is -0.135. The van der Waals surface area contributed by atoms with Crippen LogP contribution in [0.5, 0.6) is 0 Å². The summed E-state index contributed by atoms with van der Waals surface area (Å²) in [5.41, 5.74) is 1.69. The Morgan fingerprint density at radius 3 is 2.40 bits per heavy atom. The Morgan fingerprint density at radius 1 is 1.40 bits per heavy atom. The average Bonchev–Trinajstić information content (AvgIpc) is 2.13. The molecule has 1 aromatic rings.